The molecule has 0 fully saturated rings. The Morgan fingerprint density at radius 1 is 1.10 bits per heavy atom. The number of carbonyl (C=O) groups is 1. The van der Waals surface area contributed by atoms with Gasteiger partial charge in [0.05, 0.1) is 18.8 Å². The molecule has 0 aliphatic carbocycles. The third-order valence-electron chi connectivity index (χ3n) is 4.31. The van der Waals surface area contributed by atoms with E-state index in [9.17, 15) is 9.18 Å². The minimum absolute atomic E-state index is 0.161. The highest BCUT2D eigenvalue weighted by molar-refractivity contribution is 6.01. The molecule has 0 radical (unpaired) electrons. The van der Waals surface area contributed by atoms with Crippen LogP contribution in [0, 0.1) is 19.7 Å². The molecule has 0 bridgehead atoms. The number of aryl methyl sites for hydroxylation is 2. The molecule has 1 N–H and O–H groups in total. The van der Waals surface area contributed by atoms with Gasteiger partial charge in [0.25, 0.3) is 5.91 Å². The number of carbonyl (C=O) groups excluding carboxylic acids is 1. The number of aromatic nitrogens is 5. The number of nitrogens with zero attached hydrogens (tertiary/aromatic N) is 5. The predicted octanol–water partition coefficient (Wildman–Crippen LogP) is 3.17. The lowest BCUT2D eigenvalue weighted by molar-refractivity contribution is 0.0993. The predicted molar refractivity (Wildman–Crippen MR) is 103 cm³/mol. The smallest absolute Gasteiger partial charge is 0.293 e. The Kier molecular flexibility index (Phi) is 4.94. The Hall–Kier alpha value is -3.75. The quantitative estimate of drug-likeness (QED) is 0.542. The van der Waals surface area contributed by atoms with E-state index in [1.165, 1.54) is 18.5 Å². The van der Waals surface area contributed by atoms with Gasteiger partial charge in [0.2, 0.25) is 5.95 Å². The van der Waals surface area contributed by atoms with Crippen molar-refractivity contribution in [3.05, 3.63) is 83.1 Å². The van der Waals surface area contributed by atoms with Crippen molar-refractivity contribution in [2.45, 2.75) is 26.9 Å². The lowest BCUT2D eigenvalue weighted by Crippen LogP contribution is -2.12. The molecule has 1 amide bonds. The molecule has 1 aromatic carbocycles. The number of furan rings is 1. The Morgan fingerprint density at radius 2 is 1.90 bits per heavy atom. The number of amides is 1. The Balaban J connectivity index is 1.38. The van der Waals surface area contributed by atoms with Crippen LogP contribution >= 0.6 is 0 Å². The molecule has 8 nitrogen and oxygen atoms in total. The summed E-state index contributed by atoms with van der Waals surface area (Å²) in [4.78, 5) is 16.5. The first-order valence-electron chi connectivity index (χ1n) is 9.01. The highest BCUT2D eigenvalue weighted by atomic mass is 19.1. The van der Waals surface area contributed by atoms with Gasteiger partial charge in [-0.25, -0.2) is 14.1 Å². The molecule has 0 unspecified atom stereocenters. The van der Waals surface area contributed by atoms with Gasteiger partial charge >= 0.3 is 0 Å². The second-order valence-electron chi connectivity index (χ2n) is 6.70. The van der Waals surface area contributed by atoms with Crippen LogP contribution < -0.4 is 5.32 Å². The minimum Gasteiger partial charge on any atom is -0.454 e. The molecule has 0 saturated carbocycles. The first kappa shape index (κ1) is 18.6. The lowest BCUT2D eigenvalue weighted by Gasteiger charge is -2.02. The normalized spacial score (nSPS) is 11.0. The second-order valence-corrected chi connectivity index (χ2v) is 6.70. The van der Waals surface area contributed by atoms with Crippen LogP contribution in [0.3, 0.4) is 0 Å². The molecule has 0 aliphatic heterocycles. The summed E-state index contributed by atoms with van der Waals surface area (Å²) in [6.45, 7) is 4.74. The number of halogens is 1. The first-order valence-corrected chi connectivity index (χ1v) is 9.01. The molecule has 9 heteroatoms. The molecule has 4 rings (SSSR count). The number of nitrogens with one attached hydrogen (secondary N) is 1. The van der Waals surface area contributed by atoms with Crippen LogP contribution in [0.25, 0.3) is 0 Å². The highest BCUT2D eigenvalue weighted by Gasteiger charge is 2.14. The van der Waals surface area contributed by atoms with E-state index in [0.717, 1.165) is 17.0 Å². The zero-order chi connectivity index (χ0) is 20.4. The number of benzene rings is 1. The van der Waals surface area contributed by atoms with Gasteiger partial charge in [-0.15, -0.1) is 5.10 Å². The Bertz CT molecular complexity index is 1140. The SMILES string of the molecule is Cc1cc(C)n(Cc2ccc(C(=O)Nc3ncn(Cc4ccc(F)cc4)n3)o2)n1. The van der Waals surface area contributed by atoms with Crippen LogP contribution in [0.5, 0.6) is 0 Å². The maximum absolute atomic E-state index is 13.0. The summed E-state index contributed by atoms with van der Waals surface area (Å²) in [6, 6.07) is 11.4. The maximum atomic E-state index is 13.0. The van der Waals surface area contributed by atoms with Crippen LogP contribution in [0.1, 0.15) is 33.3 Å². The van der Waals surface area contributed by atoms with Crippen molar-refractivity contribution in [2.75, 3.05) is 5.32 Å². The van der Waals surface area contributed by atoms with Crippen LogP contribution in [0.15, 0.2) is 53.2 Å². The fraction of sp³-hybridized carbons (Fsp3) is 0.200. The highest BCUT2D eigenvalue weighted by Crippen LogP contribution is 2.13. The average Bonchev–Trinajstić information content (AvgIpc) is 3.39. The second kappa shape index (κ2) is 7.70. The number of rotatable bonds is 6. The van der Waals surface area contributed by atoms with Gasteiger partial charge in [-0.05, 0) is 49.7 Å². The summed E-state index contributed by atoms with van der Waals surface area (Å²) >= 11 is 0. The third-order valence-corrected chi connectivity index (χ3v) is 4.31. The van der Waals surface area contributed by atoms with Crippen LogP contribution in [0.2, 0.25) is 0 Å². The van der Waals surface area contributed by atoms with Crippen molar-refractivity contribution < 1.29 is 13.6 Å². The zero-order valence-electron chi connectivity index (χ0n) is 16.0. The number of hydrogen-bond acceptors (Lipinski definition) is 5. The van der Waals surface area contributed by atoms with E-state index in [2.05, 4.69) is 20.5 Å². The van der Waals surface area contributed by atoms with Crippen LogP contribution in [-0.4, -0.2) is 30.5 Å². The van der Waals surface area contributed by atoms with E-state index in [1.807, 2.05) is 24.6 Å². The first-order chi connectivity index (χ1) is 14.0. The summed E-state index contributed by atoms with van der Waals surface area (Å²) in [5.74, 6) is 0.210. The molecule has 3 aromatic heterocycles. The molecule has 0 saturated heterocycles. The van der Waals surface area contributed by atoms with Crippen molar-refractivity contribution in [2.24, 2.45) is 0 Å². The summed E-state index contributed by atoms with van der Waals surface area (Å²) in [5.41, 5.74) is 2.81. The standard InChI is InChI=1S/C20H19FN6O2/c1-13-9-14(2)27(24-13)11-17-7-8-18(29-17)19(28)23-20-22-12-26(25-20)10-15-3-5-16(21)6-4-15/h3-9,12H,10-11H2,1-2H3,(H,23,25,28). The molecular formula is C20H19FN6O2. The van der Waals surface area contributed by atoms with Gasteiger partial charge < -0.3 is 4.42 Å². The molecule has 0 atom stereocenters. The van der Waals surface area contributed by atoms with Crippen molar-refractivity contribution in [1.82, 2.24) is 24.5 Å². The van der Waals surface area contributed by atoms with E-state index in [4.69, 9.17) is 4.42 Å². The van der Waals surface area contributed by atoms with E-state index in [0.29, 0.717) is 18.8 Å². The fourth-order valence-corrected chi connectivity index (χ4v) is 2.94. The van der Waals surface area contributed by atoms with Gasteiger partial charge in [0.15, 0.2) is 5.76 Å². The molecule has 0 spiro atoms. The molecule has 148 valence electrons. The van der Waals surface area contributed by atoms with Crippen molar-refractivity contribution >= 4 is 11.9 Å². The zero-order valence-corrected chi connectivity index (χ0v) is 16.0. The van der Waals surface area contributed by atoms with Crippen molar-refractivity contribution in [1.29, 1.82) is 0 Å². The Labute approximate surface area is 166 Å². The molecule has 3 heterocycles. The van der Waals surface area contributed by atoms with E-state index >= 15 is 0 Å². The van der Waals surface area contributed by atoms with Crippen LogP contribution in [0.4, 0.5) is 10.3 Å². The van der Waals surface area contributed by atoms with Gasteiger partial charge in [-0.1, -0.05) is 12.1 Å². The summed E-state index contributed by atoms with van der Waals surface area (Å²) in [7, 11) is 0. The molecule has 29 heavy (non-hydrogen) atoms. The van der Waals surface area contributed by atoms with E-state index in [-0.39, 0.29) is 17.5 Å². The van der Waals surface area contributed by atoms with E-state index < -0.39 is 5.91 Å². The summed E-state index contributed by atoms with van der Waals surface area (Å²) in [6.07, 6.45) is 1.50. The number of anilines is 1. The average molecular weight is 394 g/mol. The fourth-order valence-electron chi connectivity index (χ4n) is 2.94. The van der Waals surface area contributed by atoms with Gasteiger partial charge in [0, 0.05) is 5.69 Å². The minimum atomic E-state index is -0.441. The largest absolute Gasteiger partial charge is 0.454 e. The van der Waals surface area contributed by atoms with Gasteiger partial charge in [0.1, 0.15) is 17.9 Å². The Morgan fingerprint density at radius 3 is 2.62 bits per heavy atom. The van der Waals surface area contributed by atoms with Crippen molar-refractivity contribution in [3.63, 3.8) is 0 Å². The molecule has 4 aromatic rings. The van der Waals surface area contributed by atoms with Crippen molar-refractivity contribution in [3.8, 4) is 0 Å². The third kappa shape index (κ3) is 4.40. The molecule has 0 aliphatic rings. The van der Waals surface area contributed by atoms with Crippen LogP contribution in [-0.2, 0) is 13.1 Å². The summed E-state index contributed by atoms with van der Waals surface area (Å²) in [5, 5.41) is 11.2. The molecular weight excluding hydrogens is 375 g/mol. The van der Waals surface area contributed by atoms with Gasteiger partial charge in [-0.3, -0.25) is 14.8 Å². The summed E-state index contributed by atoms with van der Waals surface area (Å²) < 4.78 is 22.0. The monoisotopic (exact) mass is 394 g/mol. The maximum Gasteiger partial charge on any atom is 0.293 e. The number of hydrogen-bond donors (Lipinski definition) is 1. The topological polar surface area (TPSA) is 90.8 Å². The van der Waals surface area contributed by atoms with E-state index in [1.54, 1.807) is 28.9 Å². The van der Waals surface area contributed by atoms with Gasteiger partial charge in [-0.2, -0.15) is 5.10 Å². The lowest BCUT2D eigenvalue weighted by atomic mass is 10.2.